The molecule has 1 amide bonds. The SMILES string of the molecule is COC[C@@]12CN(C(=O)Cc3c[nH]c4ccccc34)CC[C@@H]1CN(c1ccc(C#N)c(C(F)(F)F)c1)C2. The fraction of sp³-hybridized carbons (Fsp3) is 0.407. The molecule has 2 aliphatic heterocycles. The van der Waals surface area contributed by atoms with Gasteiger partial charge >= 0.3 is 6.18 Å². The van der Waals surface area contributed by atoms with E-state index in [4.69, 9.17) is 10.00 Å². The number of aromatic nitrogens is 1. The zero-order valence-corrected chi connectivity index (χ0v) is 19.9. The maximum absolute atomic E-state index is 13.6. The quantitative estimate of drug-likeness (QED) is 0.560. The number of carbonyl (C=O) groups excluding carboxylic acids is 1. The Bertz CT molecular complexity index is 1330. The first kappa shape index (κ1) is 24.2. The van der Waals surface area contributed by atoms with Crippen LogP contribution in [0.2, 0.25) is 0 Å². The van der Waals surface area contributed by atoms with Gasteiger partial charge in [-0.1, -0.05) is 18.2 Å². The summed E-state index contributed by atoms with van der Waals surface area (Å²) in [4.78, 5) is 20.3. The number of methoxy groups -OCH3 is 1. The van der Waals surface area contributed by atoms with E-state index in [9.17, 15) is 18.0 Å². The number of benzene rings is 2. The average Bonchev–Trinajstić information content (AvgIpc) is 3.44. The molecule has 1 aromatic heterocycles. The summed E-state index contributed by atoms with van der Waals surface area (Å²) in [6, 6.07) is 13.4. The van der Waals surface area contributed by atoms with Crippen LogP contribution in [-0.2, 0) is 22.1 Å². The van der Waals surface area contributed by atoms with Crippen molar-refractivity contribution in [2.24, 2.45) is 11.3 Å². The van der Waals surface area contributed by atoms with E-state index in [1.165, 1.54) is 6.07 Å². The van der Waals surface area contributed by atoms with Gasteiger partial charge in [0, 0.05) is 61.5 Å². The number of nitriles is 1. The summed E-state index contributed by atoms with van der Waals surface area (Å²) in [5, 5.41) is 10.2. The van der Waals surface area contributed by atoms with Crippen LogP contribution in [0, 0.1) is 22.7 Å². The van der Waals surface area contributed by atoms with E-state index in [1.54, 1.807) is 19.2 Å². The molecule has 188 valence electrons. The Morgan fingerprint density at radius 3 is 2.81 bits per heavy atom. The molecule has 0 aliphatic carbocycles. The molecule has 1 N–H and O–H groups in total. The number of nitrogens with zero attached hydrogens (tertiary/aromatic N) is 3. The number of aromatic amines is 1. The number of halogens is 3. The van der Waals surface area contributed by atoms with Crippen LogP contribution in [0.15, 0.2) is 48.7 Å². The van der Waals surface area contributed by atoms with Gasteiger partial charge in [-0.05, 0) is 42.2 Å². The number of likely N-dealkylation sites (tertiary alicyclic amines) is 1. The van der Waals surface area contributed by atoms with Crippen molar-refractivity contribution in [3.8, 4) is 6.07 Å². The van der Waals surface area contributed by atoms with Crippen molar-refractivity contribution < 1.29 is 22.7 Å². The number of alkyl halides is 3. The number of hydrogen-bond donors (Lipinski definition) is 1. The van der Waals surface area contributed by atoms with Gasteiger partial charge < -0.3 is 19.5 Å². The standard InChI is InChI=1S/C27H27F3N4O2/c1-36-17-26-15-33(25(35)10-19-13-32-24-5-3-2-4-22(19)24)9-8-20(26)14-34(16-26)21-7-6-18(12-31)23(11-21)27(28,29)30/h2-7,11,13,20,32H,8-10,14-17H2,1H3/t20-,26+/m1/s1. The number of piperidine rings is 1. The van der Waals surface area contributed by atoms with Crippen LogP contribution >= 0.6 is 0 Å². The van der Waals surface area contributed by atoms with Crippen molar-refractivity contribution in [3.63, 3.8) is 0 Å². The lowest BCUT2D eigenvalue weighted by Gasteiger charge is -2.43. The molecule has 2 fully saturated rings. The first-order valence-electron chi connectivity index (χ1n) is 11.9. The van der Waals surface area contributed by atoms with E-state index < -0.39 is 11.7 Å². The highest BCUT2D eigenvalue weighted by molar-refractivity contribution is 5.89. The van der Waals surface area contributed by atoms with Crippen molar-refractivity contribution in [2.75, 3.05) is 44.8 Å². The minimum Gasteiger partial charge on any atom is -0.384 e. The summed E-state index contributed by atoms with van der Waals surface area (Å²) in [6.45, 7) is 2.56. The molecule has 2 aromatic carbocycles. The van der Waals surface area contributed by atoms with Gasteiger partial charge in [-0.2, -0.15) is 18.4 Å². The van der Waals surface area contributed by atoms with E-state index in [-0.39, 0.29) is 29.2 Å². The number of nitrogens with one attached hydrogen (secondary N) is 1. The van der Waals surface area contributed by atoms with Crippen LogP contribution < -0.4 is 4.90 Å². The minimum atomic E-state index is -4.61. The number of ether oxygens (including phenoxy) is 1. The molecule has 9 heteroatoms. The van der Waals surface area contributed by atoms with Gasteiger partial charge in [0.15, 0.2) is 0 Å². The monoisotopic (exact) mass is 496 g/mol. The third-order valence-electron chi connectivity index (χ3n) is 7.66. The summed E-state index contributed by atoms with van der Waals surface area (Å²) in [7, 11) is 1.62. The van der Waals surface area contributed by atoms with E-state index in [2.05, 4.69) is 4.98 Å². The number of anilines is 1. The summed E-state index contributed by atoms with van der Waals surface area (Å²) < 4.78 is 46.2. The van der Waals surface area contributed by atoms with Crippen LogP contribution in [0.1, 0.15) is 23.1 Å². The van der Waals surface area contributed by atoms with Crippen LogP contribution in [0.25, 0.3) is 10.9 Å². The van der Waals surface area contributed by atoms with E-state index >= 15 is 0 Å². The van der Waals surface area contributed by atoms with Crippen molar-refractivity contribution in [2.45, 2.75) is 19.0 Å². The van der Waals surface area contributed by atoms with Gasteiger partial charge in [0.25, 0.3) is 0 Å². The van der Waals surface area contributed by atoms with Crippen molar-refractivity contribution in [3.05, 3.63) is 65.4 Å². The van der Waals surface area contributed by atoms with E-state index in [0.717, 1.165) is 29.0 Å². The fourth-order valence-electron chi connectivity index (χ4n) is 5.90. The maximum Gasteiger partial charge on any atom is 0.417 e. The second kappa shape index (κ2) is 9.17. The highest BCUT2D eigenvalue weighted by Gasteiger charge is 2.51. The molecule has 0 radical (unpaired) electrons. The molecule has 0 bridgehead atoms. The molecular formula is C27H27F3N4O2. The Labute approximate surface area is 207 Å². The Morgan fingerprint density at radius 1 is 1.25 bits per heavy atom. The molecule has 2 aliphatic rings. The van der Waals surface area contributed by atoms with E-state index in [1.807, 2.05) is 40.3 Å². The first-order valence-corrected chi connectivity index (χ1v) is 11.9. The highest BCUT2D eigenvalue weighted by atomic mass is 19.4. The zero-order valence-electron chi connectivity index (χ0n) is 19.9. The molecule has 5 rings (SSSR count). The Balaban J connectivity index is 1.37. The van der Waals surface area contributed by atoms with Crippen molar-refractivity contribution in [1.82, 2.24) is 9.88 Å². The summed E-state index contributed by atoms with van der Waals surface area (Å²) >= 11 is 0. The smallest absolute Gasteiger partial charge is 0.384 e. The molecule has 0 unspecified atom stereocenters. The first-order chi connectivity index (χ1) is 17.2. The predicted molar refractivity (Wildman–Crippen MR) is 129 cm³/mol. The number of H-pyrrole nitrogens is 1. The molecule has 6 nitrogen and oxygen atoms in total. The Kier molecular flexibility index (Phi) is 6.17. The highest BCUT2D eigenvalue weighted by Crippen LogP contribution is 2.45. The van der Waals surface area contributed by atoms with Crippen LogP contribution in [-0.4, -0.2) is 55.7 Å². The molecule has 0 spiro atoms. The topological polar surface area (TPSA) is 72.4 Å². The number of para-hydroxylation sites is 1. The van der Waals surface area contributed by atoms with Gasteiger partial charge in [0.2, 0.25) is 5.91 Å². The summed E-state index contributed by atoms with van der Waals surface area (Å²) in [5.41, 5.74) is 0.681. The minimum absolute atomic E-state index is 0.0323. The summed E-state index contributed by atoms with van der Waals surface area (Å²) in [6.07, 6.45) is -1.70. The Hall–Kier alpha value is -3.51. The maximum atomic E-state index is 13.6. The second-order valence-electron chi connectivity index (χ2n) is 9.85. The van der Waals surface area contributed by atoms with Crippen LogP contribution in [0.4, 0.5) is 18.9 Å². The number of rotatable bonds is 5. The van der Waals surface area contributed by atoms with E-state index in [0.29, 0.717) is 38.5 Å². The van der Waals surface area contributed by atoms with Gasteiger partial charge in [-0.25, -0.2) is 0 Å². The second-order valence-corrected chi connectivity index (χ2v) is 9.85. The molecule has 3 aromatic rings. The molecule has 36 heavy (non-hydrogen) atoms. The normalized spacial score (nSPS) is 22.0. The molecule has 2 atom stereocenters. The Morgan fingerprint density at radius 2 is 2.06 bits per heavy atom. The summed E-state index contributed by atoms with van der Waals surface area (Å²) in [5.74, 6) is 0.212. The number of fused-ring (bicyclic) bond motifs is 2. The van der Waals surface area contributed by atoms with Gasteiger partial charge in [0.05, 0.1) is 30.2 Å². The number of carbonyl (C=O) groups is 1. The fourth-order valence-corrected chi connectivity index (χ4v) is 5.90. The van der Waals surface area contributed by atoms with Gasteiger partial charge in [0.1, 0.15) is 0 Å². The third-order valence-corrected chi connectivity index (χ3v) is 7.66. The van der Waals surface area contributed by atoms with Crippen molar-refractivity contribution >= 4 is 22.5 Å². The number of hydrogen-bond acceptors (Lipinski definition) is 4. The van der Waals surface area contributed by atoms with Crippen LogP contribution in [0.3, 0.4) is 0 Å². The largest absolute Gasteiger partial charge is 0.417 e. The lowest BCUT2D eigenvalue weighted by Crippen LogP contribution is -2.53. The lowest BCUT2D eigenvalue weighted by atomic mass is 9.74. The molecular weight excluding hydrogens is 469 g/mol. The average molecular weight is 497 g/mol. The van der Waals surface area contributed by atoms with Gasteiger partial charge in [-0.15, -0.1) is 0 Å². The number of amides is 1. The lowest BCUT2D eigenvalue weighted by molar-refractivity contribution is -0.138. The zero-order chi connectivity index (χ0) is 25.5. The van der Waals surface area contributed by atoms with Crippen molar-refractivity contribution in [1.29, 1.82) is 5.26 Å². The third kappa shape index (κ3) is 4.30. The molecule has 0 saturated carbocycles. The predicted octanol–water partition coefficient (Wildman–Crippen LogP) is 4.60. The van der Waals surface area contributed by atoms with Crippen LogP contribution in [0.5, 0.6) is 0 Å². The molecule has 3 heterocycles. The molecule has 2 saturated heterocycles. The van der Waals surface area contributed by atoms with Gasteiger partial charge in [-0.3, -0.25) is 4.79 Å².